The molecule has 0 aliphatic carbocycles. The minimum Gasteiger partial charge on any atom is -0.487 e. The lowest BCUT2D eigenvalue weighted by Crippen LogP contribution is -2.30. The van der Waals surface area contributed by atoms with Gasteiger partial charge in [0.1, 0.15) is 0 Å². The van der Waals surface area contributed by atoms with Gasteiger partial charge < -0.3 is 14.8 Å². The molecule has 0 saturated carbocycles. The summed E-state index contributed by atoms with van der Waals surface area (Å²) in [7, 11) is 0. The molecule has 0 heterocycles. The van der Waals surface area contributed by atoms with E-state index in [0.717, 1.165) is 6.07 Å². The predicted molar refractivity (Wildman–Crippen MR) is 104 cm³/mol. The number of benzene rings is 2. The number of rotatable bonds is 8. The molecule has 0 unspecified atom stereocenters. The highest BCUT2D eigenvalue weighted by molar-refractivity contribution is 5.98. The zero-order valence-corrected chi connectivity index (χ0v) is 16.1. The Balaban J connectivity index is 2.05. The minimum absolute atomic E-state index is 0.0360. The van der Waals surface area contributed by atoms with Crippen LogP contribution < -0.4 is 10.1 Å². The minimum atomic E-state index is -1.15. The summed E-state index contributed by atoms with van der Waals surface area (Å²) in [5.41, 5.74) is 0.480. The van der Waals surface area contributed by atoms with Crippen LogP contribution in [0.3, 0.4) is 0 Å². The van der Waals surface area contributed by atoms with E-state index in [9.17, 15) is 24.5 Å². The van der Waals surface area contributed by atoms with Crippen LogP contribution in [-0.2, 0) is 9.53 Å². The molecule has 0 fully saturated rings. The number of hydrogen-bond acceptors (Lipinski definition) is 7. The van der Waals surface area contributed by atoms with E-state index in [1.165, 1.54) is 26.0 Å². The zero-order valence-electron chi connectivity index (χ0n) is 16.1. The van der Waals surface area contributed by atoms with Crippen LogP contribution in [0.25, 0.3) is 0 Å². The molecule has 0 saturated heterocycles. The summed E-state index contributed by atoms with van der Waals surface area (Å²) in [6, 6.07) is 9.91. The number of ether oxygens (including phenoxy) is 2. The Kier molecular flexibility index (Phi) is 7.02. The number of hydrogen-bond donors (Lipinski definition) is 1. The number of nitro benzene ring substituents is 1. The van der Waals surface area contributed by atoms with Gasteiger partial charge in [0.2, 0.25) is 0 Å². The molecule has 1 N–H and O–H groups in total. The van der Waals surface area contributed by atoms with Crippen LogP contribution >= 0.6 is 0 Å². The first-order valence-corrected chi connectivity index (χ1v) is 8.77. The Bertz CT molecular complexity index is 938. The van der Waals surface area contributed by atoms with Crippen LogP contribution in [0.1, 0.15) is 41.5 Å². The van der Waals surface area contributed by atoms with E-state index in [-0.39, 0.29) is 29.4 Å². The SMILES string of the molecule is CCOc1ccc(C(=O)O[C@H](C)C(=O)Nc2ccc(C(C)=O)cc2)cc1[N+](=O)[O-]. The van der Waals surface area contributed by atoms with Crippen molar-refractivity contribution in [3.63, 3.8) is 0 Å². The van der Waals surface area contributed by atoms with E-state index in [0.29, 0.717) is 11.3 Å². The summed E-state index contributed by atoms with van der Waals surface area (Å²) in [6.45, 7) is 4.72. The number of nitrogens with one attached hydrogen (secondary N) is 1. The van der Waals surface area contributed by atoms with Crippen LogP contribution in [0, 0.1) is 10.1 Å². The monoisotopic (exact) mass is 400 g/mol. The Morgan fingerprint density at radius 3 is 2.28 bits per heavy atom. The zero-order chi connectivity index (χ0) is 21.6. The first-order valence-electron chi connectivity index (χ1n) is 8.77. The topological polar surface area (TPSA) is 125 Å². The molecule has 0 radical (unpaired) electrons. The van der Waals surface area contributed by atoms with Crippen molar-refractivity contribution in [1.29, 1.82) is 0 Å². The van der Waals surface area contributed by atoms with Crippen molar-refractivity contribution in [1.82, 2.24) is 0 Å². The van der Waals surface area contributed by atoms with Crippen LogP contribution in [0.4, 0.5) is 11.4 Å². The van der Waals surface area contributed by atoms with Crippen molar-refractivity contribution >= 4 is 29.0 Å². The first-order chi connectivity index (χ1) is 13.7. The number of carbonyl (C=O) groups is 3. The highest BCUT2D eigenvalue weighted by atomic mass is 16.6. The molecule has 2 aromatic rings. The summed E-state index contributed by atoms with van der Waals surface area (Å²) in [5.74, 6) is -1.54. The molecule has 0 spiro atoms. The smallest absolute Gasteiger partial charge is 0.339 e. The van der Waals surface area contributed by atoms with Gasteiger partial charge in [-0.3, -0.25) is 19.7 Å². The van der Waals surface area contributed by atoms with Crippen molar-refractivity contribution < 1.29 is 28.8 Å². The Morgan fingerprint density at radius 2 is 1.72 bits per heavy atom. The maximum atomic E-state index is 12.3. The lowest BCUT2D eigenvalue weighted by Gasteiger charge is -2.14. The fourth-order valence-electron chi connectivity index (χ4n) is 2.38. The average Bonchev–Trinajstić information content (AvgIpc) is 2.68. The van der Waals surface area contributed by atoms with Crippen molar-refractivity contribution in [2.24, 2.45) is 0 Å². The maximum Gasteiger partial charge on any atom is 0.339 e. The molecule has 0 aliphatic heterocycles. The van der Waals surface area contributed by atoms with E-state index >= 15 is 0 Å². The second-order valence-electron chi connectivity index (χ2n) is 6.04. The predicted octanol–water partition coefficient (Wildman–Crippen LogP) is 3.38. The van der Waals surface area contributed by atoms with Crippen molar-refractivity contribution in [2.45, 2.75) is 26.9 Å². The molecule has 1 amide bonds. The van der Waals surface area contributed by atoms with E-state index in [4.69, 9.17) is 9.47 Å². The summed E-state index contributed by atoms with van der Waals surface area (Å²) < 4.78 is 10.3. The van der Waals surface area contributed by atoms with Crippen molar-refractivity contribution in [3.8, 4) is 5.75 Å². The molecule has 152 valence electrons. The molecule has 0 bridgehead atoms. The lowest BCUT2D eigenvalue weighted by molar-refractivity contribution is -0.385. The fourth-order valence-corrected chi connectivity index (χ4v) is 2.38. The van der Waals surface area contributed by atoms with E-state index in [1.807, 2.05) is 0 Å². The summed E-state index contributed by atoms with van der Waals surface area (Å²) in [5, 5.41) is 13.7. The van der Waals surface area contributed by atoms with Gasteiger partial charge in [0.05, 0.1) is 17.1 Å². The van der Waals surface area contributed by atoms with Gasteiger partial charge in [-0.05, 0) is 57.2 Å². The number of nitrogens with zero attached hydrogens (tertiary/aromatic N) is 1. The maximum absolute atomic E-state index is 12.3. The summed E-state index contributed by atoms with van der Waals surface area (Å²) in [4.78, 5) is 46.3. The Morgan fingerprint density at radius 1 is 1.10 bits per heavy atom. The molecule has 2 rings (SSSR count). The Labute approximate surface area is 166 Å². The molecule has 9 heteroatoms. The highest BCUT2D eigenvalue weighted by Gasteiger charge is 2.23. The number of Topliss-reactive ketones (excluding diaryl/α,β-unsaturated/α-hetero) is 1. The Hall–Kier alpha value is -3.75. The molecule has 1 atom stereocenters. The molecule has 9 nitrogen and oxygen atoms in total. The third-order valence-electron chi connectivity index (χ3n) is 3.90. The highest BCUT2D eigenvalue weighted by Crippen LogP contribution is 2.28. The summed E-state index contributed by atoms with van der Waals surface area (Å²) >= 11 is 0. The standard InChI is InChI=1S/C20H20N2O7/c1-4-28-18-10-7-15(11-17(18)22(26)27)20(25)29-13(3)19(24)21-16-8-5-14(6-9-16)12(2)23/h5-11,13H,4H2,1-3H3,(H,21,24)/t13-/m1/s1. The van der Waals surface area contributed by atoms with Gasteiger partial charge in [-0.1, -0.05) is 0 Å². The molecule has 0 aliphatic rings. The second-order valence-corrected chi connectivity index (χ2v) is 6.04. The fraction of sp³-hybridized carbons (Fsp3) is 0.250. The largest absolute Gasteiger partial charge is 0.487 e. The van der Waals surface area contributed by atoms with E-state index in [1.54, 1.807) is 31.2 Å². The average molecular weight is 400 g/mol. The number of nitro groups is 1. The van der Waals surface area contributed by atoms with E-state index < -0.39 is 22.9 Å². The molecular formula is C20H20N2O7. The van der Waals surface area contributed by atoms with Crippen molar-refractivity contribution in [3.05, 3.63) is 63.7 Å². The molecular weight excluding hydrogens is 380 g/mol. The summed E-state index contributed by atoms with van der Waals surface area (Å²) in [6.07, 6.45) is -1.15. The van der Waals surface area contributed by atoms with Crippen LogP contribution in [-0.4, -0.2) is 35.3 Å². The van der Waals surface area contributed by atoms with Gasteiger partial charge in [0, 0.05) is 17.3 Å². The lowest BCUT2D eigenvalue weighted by atomic mass is 10.1. The normalized spacial score (nSPS) is 11.3. The number of esters is 1. The van der Waals surface area contributed by atoms with Gasteiger partial charge >= 0.3 is 11.7 Å². The number of ketones is 1. The third kappa shape index (κ3) is 5.61. The van der Waals surface area contributed by atoms with Gasteiger partial charge in [-0.25, -0.2) is 4.79 Å². The van der Waals surface area contributed by atoms with Crippen LogP contribution in [0.5, 0.6) is 5.75 Å². The first kappa shape index (κ1) is 21.5. The number of carbonyl (C=O) groups excluding carboxylic acids is 3. The number of amides is 1. The molecule has 2 aromatic carbocycles. The van der Waals surface area contributed by atoms with E-state index in [2.05, 4.69) is 5.32 Å². The molecule has 0 aromatic heterocycles. The third-order valence-corrected chi connectivity index (χ3v) is 3.90. The van der Waals surface area contributed by atoms with Gasteiger partial charge in [0.25, 0.3) is 5.91 Å². The van der Waals surface area contributed by atoms with Gasteiger partial charge in [-0.15, -0.1) is 0 Å². The van der Waals surface area contributed by atoms with Crippen LogP contribution in [0.2, 0.25) is 0 Å². The van der Waals surface area contributed by atoms with Crippen molar-refractivity contribution in [2.75, 3.05) is 11.9 Å². The number of anilines is 1. The quantitative estimate of drug-likeness (QED) is 0.312. The second kappa shape index (κ2) is 9.45. The van der Waals surface area contributed by atoms with Gasteiger partial charge in [-0.2, -0.15) is 0 Å². The van der Waals surface area contributed by atoms with Crippen LogP contribution in [0.15, 0.2) is 42.5 Å². The van der Waals surface area contributed by atoms with Gasteiger partial charge in [0.15, 0.2) is 17.6 Å². The molecule has 29 heavy (non-hydrogen) atoms.